The van der Waals surface area contributed by atoms with Crippen LogP contribution in [0.1, 0.15) is 22.4 Å². The van der Waals surface area contributed by atoms with Gasteiger partial charge in [-0.05, 0) is 42.7 Å². The van der Waals surface area contributed by atoms with Gasteiger partial charge in [0.1, 0.15) is 12.0 Å². The van der Waals surface area contributed by atoms with Crippen LogP contribution in [0.4, 0.5) is 0 Å². The van der Waals surface area contributed by atoms with E-state index in [4.69, 9.17) is 11.6 Å². The minimum absolute atomic E-state index is 0.763. The molecule has 0 unspecified atom stereocenters. The van der Waals surface area contributed by atoms with E-state index in [0.29, 0.717) is 0 Å². The second-order valence-electron chi connectivity index (χ2n) is 6.63. The number of hydrogen-bond donors (Lipinski definition) is 0. The number of fused-ring (bicyclic) bond motifs is 1. The van der Waals surface area contributed by atoms with Gasteiger partial charge in [0.2, 0.25) is 0 Å². The monoisotopic (exact) mass is 361 g/mol. The maximum absolute atomic E-state index is 6.02. The molecule has 4 heteroatoms. The summed E-state index contributed by atoms with van der Waals surface area (Å²) in [6, 6.07) is 19.0. The minimum atomic E-state index is 0.763. The minimum Gasteiger partial charge on any atom is -0.329 e. The molecule has 26 heavy (non-hydrogen) atoms. The molecule has 0 saturated heterocycles. The van der Waals surface area contributed by atoms with Crippen LogP contribution in [0, 0.1) is 6.92 Å². The fraction of sp³-hybridized carbons (Fsp3) is 0.182. The van der Waals surface area contributed by atoms with Crippen molar-refractivity contribution in [1.82, 2.24) is 14.5 Å². The highest BCUT2D eigenvalue weighted by Gasteiger charge is 2.11. The SMILES string of the molecule is Cc1ccc(CCn2c(Cc3ccc(Cl)cc3)cc3cncnc32)cc1. The van der Waals surface area contributed by atoms with Crippen LogP contribution in [0.3, 0.4) is 0 Å². The number of aromatic nitrogens is 3. The summed E-state index contributed by atoms with van der Waals surface area (Å²) in [4.78, 5) is 8.69. The summed E-state index contributed by atoms with van der Waals surface area (Å²) >= 11 is 6.02. The molecule has 3 nitrogen and oxygen atoms in total. The molecule has 0 fully saturated rings. The Morgan fingerprint density at radius 2 is 1.69 bits per heavy atom. The quantitative estimate of drug-likeness (QED) is 0.487. The summed E-state index contributed by atoms with van der Waals surface area (Å²) in [6.45, 7) is 3.01. The Kier molecular flexibility index (Phi) is 4.72. The number of nitrogens with zero attached hydrogens (tertiary/aromatic N) is 3. The molecule has 0 aliphatic rings. The van der Waals surface area contributed by atoms with Gasteiger partial charge in [0.25, 0.3) is 0 Å². The van der Waals surface area contributed by atoms with Crippen molar-refractivity contribution < 1.29 is 0 Å². The van der Waals surface area contributed by atoms with Crippen LogP contribution < -0.4 is 0 Å². The van der Waals surface area contributed by atoms with E-state index in [-0.39, 0.29) is 0 Å². The Morgan fingerprint density at radius 1 is 0.962 bits per heavy atom. The van der Waals surface area contributed by atoms with Crippen LogP contribution >= 0.6 is 11.6 Å². The third-order valence-electron chi connectivity index (χ3n) is 4.69. The molecule has 0 radical (unpaired) electrons. The van der Waals surface area contributed by atoms with Crippen molar-refractivity contribution >= 4 is 22.6 Å². The number of hydrogen-bond acceptors (Lipinski definition) is 2. The molecular formula is C22H20ClN3. The van der Waals surface area contributed by atoms with Crippen molar-refractivity contribution in [3.63, 3.8) is 0 Å². The van der Waals surface area contributed by atoms with Gasteiger partial charge < -0.3 is 4.57 Å². The van der Waals surface area contributed by atoms with Gasteiger partial charge in [0, 0.05) is 35.3 Å². The van der Waals surface area contributed by atoms with Gasteiger partial charge in [-0.15, -0.1) is 0 Å². The number of benzene rings is 2. The van der Waals surface area contributed by atoms with E-state index in [1.165, 1.54) is 22.4 Å². The first-order valence-corrected chi connectivity index (χ1v) is 9.15. The lowest BCUT2D eigenvalue weighted by Gasteiger charge is -2.11. The molecule has 4 rings (SSSR count). The van der Waals surface area contributed by atoms with Gasteiger partial charge in [0.15, 0.2) is 0 Å². The average molecular weight is 362 g/mol. The highest BCUT2D eigenvalue weighted by atomic mass is 35.5. The first-order chi connectivity index (χ1) is 12.7. The Balaban J connectivity index is 1.64. The second kappa shape index (κ2) is 7.30. The lowest BCUT2D eigenvalue weighted by Crippen LogP contribution is -2.07. The molecule has 0 spiro atoms. The van der Waals surface area contributed by atoms with E-state index < -0.39 is 0 Å². The highest BCUT2D eigenvalue weighted by Crippen LogP contribution is 2.21. The zero-order chi connectivity index (χ0) is 17.9. The first-order valence-electron chi connectivity index (χ1n) is 8.77. The van der Waals surface area contributed by atoms with Crippen LogP contribution in [0.2, 0.25) is 5.02 Å². The summed E-state index contributed by atoms with van der Waals surface area (Å²) in [5.74, 6) is 0. The highest BCUT2D eigenvalue weighted by molar-refractivity contribution is 6.30. The lowest BCUT2D eigenvalue weighted by atomic mass is 10.1. The summed E-state index contributed by atoms with van der Waals surface area (Å²) in [7, 11) is 0. The van der Waals surface area contributed by atoms with Crippen LogP contribution in [-0.4, -0.2) is 14.5 Å². The van der Waals surface area contributed by atoms with Gasteiger partial charge in [-0.3, -0.25) is 0 Å². The summed E-state index contributed by atoms with van der Waals surface area (Å²) < 4.78 is 2.31. The molecule has 0 amide bonds. The van der Waals surface area contributed by atoms with Crippen LogP contribution in [0.15, 0.2) is 67.1 Å². The molecule has 130 valence electrons. The zero-order valence-electron chi connectivity index (χ0n) is 14.7. The van der Waals surface area contributed by atoms with E-state index in [1.54, 1.807) is 6.33 Å². The Bertz CT molecular complexity index is 1020. The van der Waals surface area contributed by atoms with Crippen LogP contribution in [0.25, 0.3) is 11.0 Å². The van der Waals surface area contributed by atoms with E-state index in [0.717, 1.165) is 35.4 Å². The van der Waals surface area contributed by atoms with Crippen molar-refractivity contribution in [3.8, 4) is 0 Å². The molecule has 2 aromatic carbocycles. The van der Waals surface area contributed by atoms with Crippen molar-refractivity contribution in [3.05, 3.63) is 94.5 Å². The topological polar surface area (TPSA) is 30.7 Å². The molecule has 0 N–H and O–H groups in total. The molecule has 4 aromatic rings. The fourth-order valence-corrected chi connectivity index (χ4v) is 3.38. The average Bonchev–Trinajstić information content (AvgIpc) is 3.00. The first kappa shape index (κ1) is 16.8. The summed E-state index contributed by atoms with van der Waals surface area (Å²) in [6.07, 6.45) is 5.33. The molecule has 0 aliphatic carbocycles. The third-order valence-corrected chi connectivity index (χ3v) is 4.94. The van der Waals surface area contributed by atoms with Crippen molar-refractivity contribution in [1.29, 1.82) is 0 Å². The van der Waals surface area contributed by atoms with Gasteiger partial charge in [-0.1, -0.05) is 53.6 Å². The molecular weight excluding hydrogens is 342 g/mol. The summed E-state index contributed by atoms with van der Waals surface area (Å²) in [5.41, 5.74) is 6.10. The predicted molar refractivity (Wildman–Crippen MR) is 107 cm³/mol. The Morgan fingerprint density at radius 3 is 2.46 bits per heavy atom. The fourth-order valence-electron chi connectivity index (χ4n) is 3.26. The lowest BCUT2D eigenvalue weighted by molar-refractivity contribution is 0.686. The second-order valence-corrected chi connectivity index (χ2v) is 7.06. The molecule has 0 saturated carbocycles. The molecule has 0 atom stereocenters. The maximum atomic E-state index is 6.02. The molecule has 0 aliphatic heterocycles. The van der Waals surface area contributed by atoms with E-state index in [2.05, 4.69) is 63.9 Å². The van der Waals surface area contributed by atoms with E-state index in [1.807, 2.05) is 18.3 Å². The van der Waals surface area contributed by atoms with Gasteiger partial charge in [-0.25, -0.2) is 9.97 Å². The number of aryl methyl sites for hydroxylation is 3. The van der Waals surface area contributed by atoms with Crippen molar-refractivity contribution in [2.24, 2.45) is 0 Å². The van der Waals surface area contributed by atoms with Crippen molar-refractivity contribution in [2.45, 2.75) is 26.3 Å². The third kappa shape index (κ3) is 3.63. The van der Waals surface area contributed by atoms with Gasteiger partial charge >= 0.3 is 0 Å². The largest absolute Gasteiger partial charge is 0.329 e. The van der Waals surface area contributed by atoms with E-state index >= 15 is 0 Å². The molecule has 2 heterocycles. The predicted octanol–water partition coefficient (Wildman–Crippen LogP) is 5.23. The Labute approximate surface area is 158 Å². The number of halogens is 1. The Hall–Kier alpha value is -2.65. The van der Waals surface area contributed by atoms with E-state index in [9.17, 15) is 0 Å². The van der Waals surface area contributed by atoms with Gasteiger partial charge in [-0.2, -0.15) is 0 Å². The number of rotatable bonds is 5. The normalized spacial score (nSPS) is 11.2. The van der Waals surface area contributed by atoms with Crippen molar-refractivity contribution in [2.75, 3.05) is 0 Å². The van der Waals surface area contributed by atoms with Crippen LogP contribution in [-0.2, 0) is 19.4 Å². The molecule has 2 aromatic heterocycles. The van der Waals surface area contributed by atoms with Crippen LogP contribution in [0.5, 0.6) is 0 Å². The standard InChI is InChI=1S/C22H20ClN3/c1-16-2-4-17(5-3-16)10-11-26-21(12-18-6-8-20(23)9-7-18)13-19-14-24-15-25-22(19)26/h2-9,13-15H,10-12H2,1H3. The maximum Gasteiger partial charge on any atom is 0.143 e. The van der Waals surface area contributed by atoms with Gasteiger partial charge in [0.05, 0.1) is 0 Å². The zero-order valence-corrected chi connectivity index (χ0v) is 15.4. The molecule has 0 bridgehead atoms. The summed E-state index contributed by atoms with van der Waals surface area (Å²) in [5, 5.41) is 1.85. The smallest absolute Gasteiger partial charge is 0.143 e.